The van der Waals surface area contributed by atoms with Crippen LogP contribution in [0.4, 0.5) is 0 Å². The third-order valence-corrected chi connectivity index (χ3v) is 4.30. The van der Waals surface area contributed by atoms with Crippen LogP contribution in [0.1, 0.15) is 37.7 Å². The molecular weight excluding hydrogens is 328 g/mol. The number of nitrogens with one attached hydrogen (secondary N) is 1. The van der Waals surface area contributed by atoms with Gasteiger partial charge in [-0.25, -0.2) is 13.2 Å². The van der Waals surface area contributed by atoms with Crippen molar-refractivity contribution in [2.24, 2.45) is 0 Å². The fourth-order valence-corrected chi connectivity index (χ4v) is 3.24. The summed E-state index contributed by atoms with van der Waals surface area (Å²) in [6.07, 6.45) is 2.57. The molecule has 0 aliphatic heterocycles. The van der Waals surface area contributed by atoms with Gasteiger partial charge in [-0.3, -0.25) is 14.6 Å². The summed E-state index contributed by atoms with van der Waals surface area (Å²) in [5.41, 5.74) is -1.59. The first-order valence-corrected chi connectivity index (χ1v) is 8.97. The van der Waals surface area contributed by atoms with Gasteiger partial charge in [0.05, 0.1) is 12.2 Å². The Kier molecular flexibility index (Phi) is 4.93. The Morgan fingerprint density at radius 3 is 2.48 bits per heavy atom. The molecule has 1 heterocycles. The van der Waals surface area contributed by atoms with Crippen LogP contribution in [0.15, 0.2) is 14.6 Å². The van der Waals surface area contributed by atoms with Crippen molar-refractivity contribution in [1.82, 2.24) is 9.71 Å². The fourth-order valence-electron chi connectivity index (χ4n) is 2.14. The Morgan fingerprint density at radius 2 is 1.96 bits per heavy atom. The number of ether oxygens (including phenoxy) is 1. The second-order valence-corrected chi connectivity index (χ2v) is 7.28. The minimum atomic E-state index is -3.84. The number of aromatic nitrogens is 2. The lowest BCUT2D eigenvalue weighted by Gasteiger charge is -2.14. The van der Waals surface area contributed by atoms with Crippen molar-refractivity contribution < 1.29 is 22.8 Å². The Bertz CT molecular complexity index is 818. The van der Waals surface area contributed by atoms with E-state index in [9.17, 15) is 22.8 Å². The van der Waals surface area contributed by atoms with Crippen LogP contribution in [-0.4, -0.2) is 43.6 Å². The quantitative estimate of drug-likeness (QED) is 0.389. The Balaban J connectivity index is 2.31. The van der Waals surface area contributed by atoms with E-state index in [-0.39, 0.29) is 31.1 Å². The van der Waals surface area contributed by atoms with Gasteiger partial charge >= 0.3 is 11.7 Å². The summed E-state index contributed by atoms with van der Waals surface area (Å²) in [4.78, 5) is 41.8. The maximum Gasteiger partial charge on any atom is 0.362 e. The molecule has 0 unspecified atom stereocenters. The average Bonchev–Trinajstić information content (AvgIpc) is 3.22. The molecule has 10 heteroatoms. The zero-order chi connectivity index (χ0) is 17.2. The van der Waals surface area contributed by atoms with Gasteiger partial charge < -0.3 is 9.57 Å². The molecule has 0 atom stereocenters. The maximum absolute atomic E-state index is 12.0. The number of hydrogen-bond donors (Lipinski definition) is 1. The molecule has 0 radical (unpaired) electrons. The SMILES string of the molecule is CC(=O)OCCCOn1c(S(C)(=O)=O)c(C2CC2)c(=O)[nH]c1=O. The van der Waals surface area contributed by atoms with Crippen LogP contribution in [0.5, 0.6) is 0 Å². The summed E-state index contributed by atoms with van der Waals surface area (Å²) in [5.74, 6) is -0.626. The van der Waals surface area contributed by atoms with Crippen LogP contribution in [0.2, 0.25) is 0 Å². The molecule has 2 rings (SSSR count). The van der Waals surface area contributed by atoms with Crippen molar-refractivity contribution in [3.8, 4) is 0 Å². The first-order valence-electron chi connectivity index (χ1n) is 7.07. The minimum Gasteiger partial charge on any atom is -0.466 e. The molecule has 1 aliphatic carbocycles. The number of esters is 1. The Labute approximate surface area is 132 Å². The highest BCUT2D eigenvalue weighted by atomic mass is 32.2. The van der Waals surface area contributed by atoms with Crippen LogP contribution >= 0.6 is 0 Å². The van der Waals surface area contributed by atoms with Crippen molar-refractivity contribution in [3.63, 3.8) is 0 Å². The molecule has 128 valence electrons. The number of carbonyl (C=O) groups excluding carboxylic acids is 1. The highest BCUT2D eigenvalue weighted by Crippen LogP contribution is 2.40. The number of nitrogens with zero attached hydrogens (tertiary/aromatic N) is 1. The van der Waals surface area contributed by atoms with E-state index >= 15 is 0 Å². The van der Waals surface area contributed by atoms with Crippen molar-refractivity contribution in [1.29, 1.82) is 0 Å². The van der Waals surface area contributed by atoms with E-state index in [0.29, 0.717) is 17.6 Å². The van der Waals surface area contributed by atoms with Crippen LogP contribution in [0, 0.1) is 0 Å². The largest absolute Gasteiger partial charge is 0.466 e. The minimum absolute atomic E-state index is 0.0497. The third kappa shape index (κ3) is 4.21. The van der Waals surface area contributed by atoms with Gasteiger partial charge in [0.15, 0.2) is 14.9 Å². The zero-order valence-corrected chi connectivity index (χ0v) is 13.6. The van der Waals surface area contributed by atoms with Crippen LogP contribution in [-0.2, 0) is 19.4 Å². The molecule has 0 spiro atoms. The topological polar surface area (TPSA) is 125 Å². The van der Waals surface area contributed by atoms with E-state index in [1.165, 1.54) is 6.92 Å². The normalized spacial score (nSPS) is 14.5. The molecule has 0 aromatic carbocycles. The first kappa shape index (κ1) is 17.3. The van der Waals surface area contributed by atoms with E-state index in [1.54, 1.807) is 0 Å². The van der Waals surface area contributed by atoms with Gasteiger partial charge in [-0.1, -0.05) is 0 Å². The molecule has 23 heavy (non-hydrogen) atoms. The van der Waals surface area contributed by atoms with Crippen molar-refractivity contribution in [2.75, 3.05) is 19.5 Å². The number of rotatable bonds is 7. The summed E-state index contributed by atoms with van der Waals surface area (Å²) in [7, 11) is -3.84. The van der Waals surface area contributed by atoms with Crippen LogP contribution in [0.25, 0.3) is 0 Å². The smallest absolute Gasteiger partial charge is 0.362 e. The lowest BCUT2D eigenvalue weighted by atomic mass is 10.2. The molecule has 1 aromatic rings. The maximum atomic E-state index is 12.0. The number of aromatic amines is 1. The molecule has 1 aliphatic rings. The van der Waals surface area contributed by atoms with Gasteiger partial charge in [0, 0.05) is 19.6 Å². The summed E-state index contributed by atoms with van der Waals surface area (Å²) in [6.45, 7) is 1.29. The highest BCUT2D eigenvalue weighted by molar-refractivity contribution is 7.90. The Hall–Kier alpha value is -2.10. The van der Waals surface area contributed by atoms with Gasteiger partial charge in [-0.15, -0.1) is 4.73 Å². The molecule has 1 fully saturated rings. The summed E-state index contributed by atoms with van der Waals surface area (Å²) < 4.78 is 29.4. The van der Waals surface area contributed by atoms with Gasteiger partial charge in [-0.2, -0.15) is 0 Å². The van der Waals surface area contributed by atoms with E-state index in [2.05, 4.69) is 4.98 Å². The van der Waals surface area contributed by atoms with Crippen LogP contribution < -0.4 is 16.1 Å². The lowest BCUT2D eigenvalue weighted by Crippen LogP contribution is -2.40. The van der Waals surface area contributed by atoms with Crippen LogP contribution in [0.3, 0.4) is 0 Å². The molecule has 0 saturated heterocycles. The first-order chi connectivity index (χ1) is 10.7. The highest BCUT2D eigenvalue weighted by Gasteiger charge is 2.35. The summed E-state index contributed by atoms with van der Waals surface area (Å²) in [6, 6.07) is 0. The average molecular weight is 346 g/mol. The predicted octanol–water partition coefficient (Wildman–Crippen LogP) is -0.801. The van der Waals surface area contributed by atoms with Gasteiger partial charge in [0.25, 0.3) is 5.56 Å². The molecular formula is C13H18N2O7S. The molecule has 0 bridgehead atoms. The molecule has 9 nitrogen and oxygen atoms in total. The van der Waals surface area contributed by atoms with Gasteiger partial charge in [-0.05, 0) is 18.8 Å². The van der Waals surface area contributed by atoms with Gasteiger partial charge in [0.1, 0.15) is 6.61 Å². The predicted molar refractivity (Wildman–Crippen MR) is 79.1 cm³/mol. The lowest BCUT2D eigenvalue weighted by molar-refractivity contribution is -0.141. The molecule has 1 N–H and O–H groups in total. The number of carbonyl (C=O) groups is 1. The van der Waals surface area contributed by atoms with E-state index in [1.807, 2.05) is 0 Å². The van der Waals surface area contributed by atoms with E-state index in [0.717, 1.165) is 6.26 Å². The summed E-state index contributed by atoms with van der Waals surface area (Å²) >= 11 is 0. The molecule has 1 aromatic heterocycles. The zero-order valence-electron chi connectivity index (χ0n) is 12.8. The third-order valence-electron chi connectivity index (χ3n) is 3.22. The second-order valence-electron chi connectivity index (χ2n) is 5.35. The van der Waals surface area contributed by atoms with E-state index in [4.69, 9.17) is 9.57 Å². The standard InChI is InChI=1S/C13H18N2O7S/c1-8(16)21-6-3-7-22-15-12(23(2,19)20)10(9-4-5-9)11(17)14-13(15)18/h9H,3-7H2,1-2H3,(H,14,17,18). The number of hydrogen-bond acceptors (Lipinski definition) is 7. The number of sulfone groups is 1. The van der Waals surface area contributed by atoms with E-state index < -0.39 is 32.1 Å². The number of H-pyrrole nitrogens is 1. The van der Waals surface area contributed by atoms with Gasteiger partial charge in [0.2, 0.25) is 0 Å². The van der Waals surface area contributed by atoms with Crippen molar-refractivity contribution >= 4 is 15.8 Å². The monoisotopic (exact) mass is 346 g/mol. The van der Waals surface area contributed by atoms with Crippen molar-refractivity contribution in [3.05, 3.63) is 26.4 Å². The summed E-state index contributed by atoms with van der Waals surface area (Å²) in [5, 5.41) is -0.402. The molecule has 1 saturated carbocycles. The Morgan fingerprint density at radius 1 is 1.30 bits per heavy atom. The fraction of sp³-hybridized carbons (Fsp3) is 0.615. The molecule has 0 amide bonds. The second kappa shape index (κ2) is 6.57. The van der Waals surface area contributed by atoms with Crippen molar-refractivity contribution in [2.45, 2.75) is 37.1 Å².